The Bertz CT molecular complexity index is 698. The van der Waals surface area contributed by atoms with E-state index in [0.29, 0.717) is 37.0 Å². The molecule has 0 radical (unpaired) electrons. The molecule has 0 spiro atoms. The minimum atomic E-state index is -3.20. The van der Waals surface area contributed by atoms with Gasteiger partial charge < -0.3 is 9.64 Å². The number of ether oxygens (including phenoxy) is 1. The van der Waals surface area contributed by atoms with E-state index in [1.807, 2.05) is 6.92 Å². The quantitative estimate of drug-likeness (QED) is 0.811. The molecular weight excluding hydrogens is 340 g/mol. The van der Waals surface area contributed by atoms with Crippen LogP contribution in [0.15, 0.2) is 12.1 Å². The number of hydrogen-bond donors (Lipinski definition) is 0. The van der Waals surface area contributed by atoms with Crippen molar-refractivity contribution >= 4 is 27.5 Å². The second kappa shape index (κ2) is 7.07. The van der Waals surface area contributed by atoms with Crippen molar-refractivity contribution in [1.82, 2.24) is 9.21 Å². The van der Waals surface area contributed by atoms with Crippen LogP contribution in [-0.4, -0.2) is 63.1 Å². The maximum atomic E-state index is 12.5. The van der Waals surface area contributed by atoms with Crippen molar-refractivity contribution in [2.45, 2.75) is 13.3 Å². The van der Waals surface area contributed by atoms with E-state index in [-0.39, 0.29) is 12.3 Å². The Morgan fingerprint density at radius 2 is 1.87 bits per heavy atom. The lowest BCUT2D eigenvalue weighted by atomic mass is 10.1. The molecule has 1 aromatic carbocycles. The Hall–Kier alpha value is -1.31. The first kappa shape index (κ1) is 18.0. The summed E-state index contributed by atoms with van der Waals surface area (Å²) in [6.07, 6.45) is 1.37. The normalized spacial score (nSPS) is 16.4. The summed E-state index contributed by atoms with van der Waals surface area (Å²) >= 11 is 6.06. The zero-order valence-electron chi connectivity index (χ0n) is 13.5. The predicted octanol–water partition coefficient (Wildman–Crippen LogP) is 1.30. The number of benzene rings is 1. The molecule has 2 rings (SSSR count). The second-order valence-corrected chi connectivity index (χ2v) is 8.05. The van der Waals surface area contributed by atoms with E-state index in [9.17, 15) is 13.2 Å². The fraction of sp³-hybridized carbons (Fsp3) is 0.533. The van der Waals surface area contributed by atoms with Crippen LogP contribution in [0.5, 0.6) is 5.75 Å². The first-order chi connectivity index (χ1) is 10.7. The number of amides is 1. The highest BCUT2D eigenvalue weighted by Gasteiger charge is 2.26. The van der Waals surface area contributed by atoms with E-state index in [4.69, 9.17) is 16.3 Å². The molecule has 8 heteroatoms. The molecule has 1 heterocycles. The first-order valence-electron chi connectivity index (χ1n) is 7.28. The van der Waals surface area contributed by atoms with Crippen molar-refractivity contribution in [3.63, 3.8) is 0 Å². The van der Waals surface area contributed by atoms with Crippen LogP contribution in [0, 0.1) is 6.92 Å². The van der Waals surface area contributed by atoms with Gasteiger partial charge in [0.05, 0.1) is 19.8 Å². The van der Waals surface area contributed by atoms with Crippen LogP contribution in [0.4, 0.5) is 0 Å². The Morgan fingerprint density at radius 3 is 2.39 bits per heavy atom. The Kier molecular flexibility index (Phi) is 5.54. The molecule has 0 aromatic heterocycles. The van der Waals surface area contributed by atoms with Crippen molar-refractivity contribution in [3.05, 3.63) is 28.3 Å². The zero-order chi connectivity index (χ0) is 17.2. The number of sulfonamides is 1. The Morgan fingerprint density at radius 1 is 1.26 bits per heavy atom. The predicted molar refractivity (Wildman–Crippen MR) is 89.4 cm³/mol. The van der Waals surface area contributed by atoms with Gasteiger partial charge in [0.25, 0.3) is 0 Å². The molecule has 6 nitrogen and oxygen atoms in total. The Balaban J connectivity index is 2.07. The van der Waals surface area contributed by atoms with Crippen molar-refractivity contribution < 1.29 is 17.9 Å². The van der Waals surface area contributed by atoms with Crippen LogP contribution in [0.2, 0.25) is 5.02 Å². The van der Waals surface area contributed by atoms with Gasteiger partial charge in [0, 0.05) is 36.8 Å². The number of methoxy groups -OCH3 is 1. The van der Waals surface area contributed by atoms with Gasteiger partial charge in [-0.3, -0.25) is 4.79 Å². The van der Waals surface area contributed by atoms with Crippen LogP contribution in [-0.2, 0) is 21.2 Å². The number of carbonyl (C=O) groups is 1. The van der Waals surface area contributed by atoms with Crippen molar-refractivity contribution in [2.75, 3.05) is 39.5 Å². The van der Waals surface area contributed by atoms with Crippen molar-refractivity contribution in [1.29, 1.82) is 0 Å². The maximum absolute atomic E-state index is 12.5. The minimum absolute atomic E-state index is 0.0573. The number of hydrogen-bond acceptors (Lipinski definition) is 4. The largest absolute Gasteiger partial charge is 0.496 e. The van der Waals surface area contributed by atoms with Crippen LogP contribution in [0.25, 0.3) is 0 Å². The number of halogens is 1. The van der Waals surface area contributed by atoms with Crippen LogP contribution in [0.1, 0.15) is 11.1 Å². The highest BCUT2D eigenvalue weighted by molar-refractivity contribution is 7.88. The molecule has 0 aliphatic carbocycles. The summed E-state index contributed by atoms with van der Waals surface area (Å²) in [5.41, 5.74) is 1.62. The van der Waals surface area contributed by atoms with Gasteiger partial charge in [-0.25, -0.2) is 8.42 Å². The Labute approximate surface area is 142 Å². The third-order valence-corrected chi connectivity index (χ3v) is 5.44. The summed E-state index contributed by atoms with van der Waals surface area (Å²) in [4.78, 5) is 14.2. The number of carbonyl (C=O) groups excluding carboxylic acids is 1. The highest BCUT2D eigenvalue weighted by Crippen LogP contribution is 2.28. The van der Waals surface area contributed by atoms with E-state index in [0.717, 1.165) is 11.1 Å². The van der Waals surface area contributed by atoms with Gasteiger partial charge in [-0.2, -0.15) is 4.31 Å². The third kappa shape index (κ3) is 4.37. The van der Waals surface area contributed by atoms with Gasteiger partial charge in [-0.15, -0.1) is 0 Å². The van der Waals surface area contributed by atoms with E-state index in [2.05, 4.69) is 0 Å². The second-order valence-electron chi connectivity index (χ2n) is 5.63. The molecule has 23 heavy (non-hydrogen) atoms. The van der Waals surface area contributed by atoms with Gasteiger partial charge in [-0.05, 0) is 24.6 Å². The molecule has 1 amide bonds. The molecule has 0 saturated carbocycles. The van der Waals surface area contributed by atoms with E-state index in [1.165, 1.54) is 10.6 Å². The minimum Gasteiger partial charge on any atom is -0.496 e. The summed E-state index contributed by atoms with van der Waals surface area (Å²) in [7, 11) is -1.63. The number of piperazine rings is 1. The van der Waals surface area contributed by atoms with E-state index < -0.39 is 10.0 Å². The lowest BCUT2D eigenvalue weighted by Crippen LogP contribution is -2.50. The standard InChI is InChI=1S/C15H21ClN2O4S/c1-11-8-13(16)9-12(15(11)22-2)10-14(19)17-4-6-18(7-5-17)23(3,20)21/h8-9H,4-7,10H2,1-3H3. The monoisotopic (exact) mass is 360 g/mol. The molecule has 0 atom stereocenters. The highest BCUT2D eigenvalue weighted by atomic mass is 35.5. The topological polar surface area (TPSA) is 66.9 Å². The van der Waals surface area contributed by atoms with Gasteiger partial charge in [0.1, 0.15) is 5.75 Å². The zero-order valence-corrected chi connectivity index (χ0v) is 15.1. The molecule has 128 valence electrons. The van der Waals surface area contributed by atoms with Crippen LogP contribution < -0.4 is 4.74 Å². The molecule has 1 fully saturated rings. The number of aryl methyl sites for hydroxylation is 1. The molecule has 0 N–H and O–H groups in total. The fourth-order valence-corrected chi connectivity index (χ4v) is 3.89. The lowest BCUT2D eigenvalue weighted by Gasteiger charge is -2.33. The average Bonchev–Trinajstić information content (AvgIpc) is 2.46. The SMILES string of the molecule is COc1c(C)cc(Cl)cc1CC(=O)N1CCN(S(C)(=O)=O)CC1. The van der Waals surface area contributed by atoms with Crippen molar-refractivity contribution in [2.24, 2.45) is 0 Å². The lowest BCUT2D eigenvalue weighted by molar-refractivity contribution is -0.131. The number of rotatable bonds is 4. The molecule has 1 aliphatic rings. The van der Waals surface area contributed by atoms with Gasteiger partial charge in [-0.1, -0.05) is 11.6 Å². The molecule has 0 unspecified atom stereocenters. The number of nitrogens with zero attached hydrogens (tertiary/aromatic N) is 2. The maximum Gasteiger partial charge on any atom is 0.227 e. The van der Waals surface area contributed by atoms with Crippen molar-refractivity contribution in [3.8, 4) is 5.75 Å². The van der Waals surface area contributed by atoms with Gasteiger partial charge >= 0.3 is 0 Å². The fourth-order valence-electron chi connectivity index (χ4n) is 2.77. The molecular formula is C15H21ClN2O4S. The first-order valence-corrected chi connectivity index (χ1v) is 9.51. The average molecular weight is 361 g/mol. The van der Waals surface area contributed by atoms with Gasteiger partial charge in [0.15, 0.2) is 0 Å². The summed E-state index contributed by atoms with van der Waals surface area (Å²) in [5, 5.41) is 0.563. The summed E-state index contributed by atoms with van der Waals surface area (Å²) in [6, 6.07) is 3.53. The molecule has 1 aliphatic heterocycles. The van der Waals surface area contributed by atoms with E-state index in [1.54, 1.807) is 24.1 Å². The van der Waals surface area contributed by atoms with Crippen LogP contribution in [0.3, 0.4) is 0 Å². The summed E-state index contributed by atoms with van der Waals surface area (Å²) in [6.45, 7) is 3.33. The molecule has 1 aromatic rings. The third-order valence-electron chi connectivity index (χ3n) is 3.92. The summed E-state index contributed by atoms with van der Waals surface area (Å²) < 4.78 is 29.8. The van der Waals surface area contributed by atoms with Gasteiger partial charge in [0.2, 0.25) is 15.9 Å². The molecule has 0 bridgehead atoms. The smallest absolute Gasteiger partial charge is 0.227 e. The van der Waals surface area contributed by atoms with E-state index >= 15 is 0 Å². The van der Waals surface area contributed by atoms with Crippen LogP contribution >= 0.6 is 11.6 Å². The summed E-state index contributed by atoms with van der Waals surface area (Å²) in [5.74, 6) is 0.607. The molecule has 1 saturated heterocycles.